The van der Waals surface area contributed by atoms with Crippen LogP contribution in [0.15, 0.2) is 30.3 Å². The maximum Gasteiger partial charge on any atom is 0.322 e. The largest absolute Gasteiger partial charge is 0.392 e. The van der Waals surface area contributed by atoms with Gasteiger partial charge in [-0.3, -0.25) is 14.3 Å². The molecule has 4 bridgehead atoms. The van der Waals surface area contributed by atoms with Crippen LogP contribution < -0.4 is 0 Å². The second kappa shape index (κ2) is 10.9. The Morgan fingerprint density at radius 3 is 2.32 bits per heavy atom. The Kier molecular flexibility index (Phi) is 7.78. The standard InChI is InChI=1S/C30H35FNO5P/c1-18(2)29-25(7-8-37-28(34)12-24(33)17-38(35)36)26(22-3-5-23(31)6-4-22)13-27(32-29)30-14-19-9-20(15-30)11-21(10-19)16-30/h3-6,13,18-21,24,33,38H,9-12,14-17H2,1-2H3,(H,35,36). The van der Waals surface area contributed by atoms with Crippen molar-refractivity contribution in [2.24, 2.45) is 17.8 Å². The zero-order chi connectivity index (χ0) is 27.0. The van der Waals surface area contributed by atoms with Gasteiger partial charge in [-0.1, -0.05) is 26.0 Å². The molecule has 4 saturated carbocycles. The van der Waals surface area contributed by atoms with Crippen LogP contribution in [0.4, 0.5) is 4.39 Å². The van der Waals surface area contributed by atoms with E-state index in [1.54, 1.807) is 12.1 Å². The van der Waals surface area contributed by atoms with Crippen molar-refractivity contribution in [3.8, 4) is 23.2 Å². The van der Waals surface area contributed by atoms with Crippen LogP contribution in [0.25, 0.3) is 11.1 Å². The summed E-state index contributed by atoms with van der Waals surface area (Å²) in [6, 6.07) is 8.47. The summed E-state index contributed by atoms with van der Waals surface area (Å²) >= 11 is 0. The normalized spacial score (nSPS) is 27.1. The maximum absolute atomic E-state index is 13.8. The number of carbonyl (C=O) groups is 1. The summed E-state index contributed by atoms with van der Waals surface area (Å²) in [5, 5.41) is 9.76. The topological polar surface area (TPSA) is 96.7 Å². The number of aliphatic hydroxyl groups excluding tert-OH is 1. The first-order valence-electron chi connectivity index (χ1n) is 13.5. The SMILES string of the molecule is CC(C)c1nc(C23CC4CC(CC(C4)C2)C3)cc(-c2ccc(F)cc2)c1C#COC(=O)CC(O)C[PH](=O)O. The lowest BCUT2D eigenvalue weighted by Gasteiger charge is -2.56. The Morgan fingerprint density at radius 1 is 1.16 bits per heavy atom. The number of rotatable bonds is 7. The molecule has 0 saturated heterocycles. The van der Waals surface area contributed by atoms with Crippen molar-refractivity contribution in [1.29, 1.82) is 0 Å². The lowest BCUT2D eigenvalue weighted by atomic mass is 9.48. The number of nitrogens with zero attached hydrogens (tertiary/aromatic N) is 1. The smallest absolute Gasteiger partial charge is 0.322 e. The number of hydrogen-bond acceptors (Lipinski definition) is 5. The summed E-state index contributed by atoms with van der Waals surface area (Å²) in [4.78, 5) is 26.3. The van der Waals surface area contributed by atoms with Crippen LogP contribution >= 0.6 is 8.03 Å². The summed E-state index contributed by atoms with van der Waals surface area (Å²) in [6.07, 6.45) is 7.92. The van der Waals surface area contributed by atoms with Gasteiger partial charge in [-0.05, 0) is 91.9 Å². The molecule has 38 heavy (non-hydrogen) atoms. The third-order valence-electron chi connectivity index (χ3n) is 8.48. The molecule has 1 aromatic carbocycles. The average molecular weight is 540 g/mol. The van der Waals surface area contributed by atoms with Gasteiger partial charge in [0.2, 0.25) is 0 Å². The minimum absolute atomic E-state index is 0.0482. The third kappa shape index (κ3) is 5.73. The van der Waals surface area contributed by atoms with Gasteiger partial charge in [0.1, 0.15) is 11.9 Å². The first-order valence-corrected chi connectivity index (χ1v) is 15.1. The van der Waals surface area contributed by atoms with E-state index in [0.29, 0.717) is 5.56 Å². The number of aliphatic hydroxyl groups is 1. The van der Waals surface area contributed by atoms with Crippen LogP contribution in [0.3, 0.4) is 0 Å². The van der Waals surface area contributed by atoms with Gasteiger partial charge < -0.3 is 14.7 Å². The van der Waals surface area contributed by atoms with Crippen molar-refractivity contribution in [2.45, 2.75) is 76.2 Å². The second-order valence-corrected chi connectivity index (χ2v) is 13.0. The summed E-state index contributed by atoms with van der Waals surface area (Å²) in [7, 11) is -2.89. The van der Waals surface area contributed by atoms with E-state index in [1.165, 1.54) is 50.7 Å². The van der Waals surface area contributed by atoms with Crippen molar-refractivity contribution in [3.63, 3.8) is 0 Å². The monoisotopic (exact) mass is 539 g/mol. The molecule has 4 aliphatic rings. The fourth-order valence-electron chi connectivity index (χ4n) is 7.31. The Balaban J connectivity index is 1.53. The maximum atomic E-state index is 13.8. The average Bonchev–Trinajstić information content (AvgIpc) is 2.83. The van der Waals surface area contributed by atoms with Gasteiger partial charge in [-0.15, -0.1) is 0 Å². The first kappa shape index (κ1) is 27.1. The molecule has 2 atom stereocenters. The molecular formula is C30H35FNO5P. The number of hydrogen-bond donors (Lipinski definition) is 2. The number of pyridine rings is 1. The predicted octanol–water partition coefficient (Wildman–Crippen LogP) is 5.55. The van der Waals surface area contributed by atoms with Gasteiger partial charge in [0.05, 0.1) is 23.8 Å². The highest BCUT2D eigenvalue weighted by atomic mass is 31.1. The highest BCUT2D eigenvalue weighted by molar-refractivity contribution is 7.38. The van der Waals surface area contributed by atoms with Crippen molar-refractivity contribution in [2.75, 3.05) is 6.16 Å². The number of halogens is 1. The number of carbonyl (C=O) groups excluding carboxylic acids is 1. The molecule has 6 rings (SSSR count). The van der Waals surface area contributed by atoms with E-state index in [-0.39, 0.29) is 23.3 Å². The summed E-state index contributed by atoms with van der Waals surface area (Å²) in [5.74, 6) is 4.23. The number of esters is 1. The Labute approximate surface area is 223 Å². The molecule has 8 heteroatoms. The molecule has 0 amide bonds. The predicted molar refractivity (Wildman–Crippen MR) is 143 cm³/mol. The van der Waals surface area contributed by atoms with Gasteiger partial charge in [-0.25, -0.2) is 4.39 Å². The highest BCUT2D eigenvalue weighted by Gasteiger charge is 2.52. The Morgan fingerprint density at radius 2 is 1.76 bits per heavy atom. The Bertz CT molecular complexity index is 1260. The molecule has 1 heterocycles. The van der Waals surface area contributed by atoms with E-state index in [4.69, 9.17) is 14.6 Å². The first-order chi connectivity index (χ1) is 18.1. The lowest BCUT2D eigenvalue weighted by Crippen LogP contribution is -2.49. The van der Waals surface area contributed by atoms with E-state index < -0.39 is 26.5 Å². The highest BCUT2D eigenvalue weighted by Crippen LogP contribution is 2.60. The van der Waals surface area contributed by atoms with Crippen LogP contribution in [0.2, 0.25) is 0 Å². The minimum Gasteiger partial charge on any atom is -0.392 e. The molecule has 202 valence electrons. The minimum atomic E-state index is -2.89. The fraction of sp³-hybridized carbons (Fsp3) is 0.533. The number of benzene rings is 1. The van der Waals surface area contributed by atoms with Crippen LogP contribution in [0.1, 0.15) is 81.7 Å². The van der Waals surface area contributed by atoms with Gasteiger partial charge >= 0.3 is 5.97 Å². The van der Waals surface area contributed by atoms with E-state index in [9.17, 15) is 18.9 Å². The van der Waals surface area contributed by atoms with Gasteiger partial charge in [0, 0.05) is 22.8 Å². The molecule has 0 radical (unpaired) electrons. The van der Waals surface area contributed by atoms with E-state index in [2.05, 4.69) is 31.9 Å². The lowest BCUT2D eigenvalue weighted by molar-refractivity contribution is -0.138. The van der Waals surface area contributed by atoms with Crippen LogP contribution in [0, 0.1) is 35.6 Å². The van der Waals surface area contributed by atoms with E-state index >= 15 is 0 Å². The summed E-state index contributed by atoms with van der Waals surface area (Å²) < 4.78 is 29.8. The van der Waals surface area contributed by atoms with Crippen LogP contribution in [0.5, 0.6) is 0 Å². The fourth-order valence-corrected chi connectivity index (χ4v) is 7.86. The Hall–Kier alpha value is -2.52. The molecule has 6 nitrogen and oxygen atoms in total. The molecular weight excluding hydrogens is 504 g/mol. The molecule has 4 fully saturated rings. The van der Waals surface area contributed by atoms with Crippen molar-refractivity contribution < 1.29 is 28.5 Å². The van der Waals surface area contributed by atoms with Crippen LogP contribution in [-0.4, -0.2) is 33.2 Å². The van der Waals surface area contributed by atoms with Gasteiger partial charge in [-0.2, -0.15) is 0 Å². The quantitative estimate of drug-likeness (QED) is 0.272. The van der Waals surface area contributed by atoms with Crippen molar-refractivity contribution in [3.05, 3.63) is 53.1 Å². The van der Waals surface area contributed by atoms with Crippen LogP contribution in [-0.2, 0) is 19.5 Å². The summed E-state index contributed by atoms with van der Waals surface area (Å²) in [5.41, 5.74) is 4.28. The molecule has 0 aliphatic heterocycles. The molecule has 2 aromatic rings. The number of ether oxygens (including phenoxy) is 1. The zero-order valence-electron chi connectivity index (χ0n) is 21.9. The zero-order valence-corrected chi connectivity index (χ0v) is 22.9. The molecule has 0 spiro atoms. The summed E-state index contributed by atoms with van der Waals surface area (Å²) in [6.45, 7) is 4.12. The van der Waals surface area contributed by atoms with Crippen molar-refractivity contribution in [1.82, 2.24) is 4.98 Å². The second-order valence-electron chi connectivity index (χ2n) is 11.8. The van der Waals surface area contributed by atoms with E-state index in [1.807, 2.05) is 0 Å². The molecule has 2 N–H and O–H groups in total. The van der Waals surface area contributed by atoms with Gasteiger partial charge in [0.15, 0.2) is 8.03 Å². The van der Waals surface area contributed by atoms with Gasteiger partial charge in [0.25, 0.3) is 0 Å². The third-order valence-corrected chi connectivity index (χ3v) is 9.31. The number of aromatic nitrogens is 1. The van der Waals surface area contributed by atoms with E-state index in [0.717, 1.165) is 40.3 Å². The van der Waals surface area contributed by atoms with Crippen molar-refractivity contribution >= 4 is 14.0 Å². The molecule has 2 unspecified atom stereocenters. The molecule has 4 aliphatic carbocycles. The molecule has 1 aromatic heterocycles.